The summed E-state index contributed by atoms with van der Waals surface area (Å²) < 4.78 is 5.28. The number of carboxylic acids is 1. The number of carbonyl (C=O) groups is 4. The Morgan fingerprint density at radius 2 is 1.79 bits per heavy atom. The number of hydrogen-bond donors (Lipinski definition) is 2. The highest BCUT2D eigenvalue weighted by Crippen LogP contribution is 2.32. The molecule has 2 aliphatic carbocycles. The van der Waals surface area contributed by atoms with Crippen LogP contribution in [0.25, 0.3) is 6.08 Å². The first kappa shape index (κ1) is 21.4. The molecule has 2 amide bonds. The fourth-order valence-corrected chi connectivity index (χ4v) is 3.65. The Hall–Kier alpha value is -2.32. The Morgan fingerprint density at radius 3 is 2.21 bits per heavy atom. The van der Waals surface area contributed by atoms with E-state index in [1.54, 1.807) is 12.1 Å². The molecule has 2 N–H and O–H groups in total. The molecule has 4 rings (SSSR count). The van der Waals surface area contributed by atoms with Crippen molar-refractivity contribution in [1.82, 2.24) is 5.32 Å². The third kappa shape index (κ3) is 5.61. The fourth-order valence-electron chi connectivity index (χ4n) is 2.75. The van der Waals surface area contributed by atoms with Crippen LogP contribution in [0, 0.1) is 11.8 Å². The zero-order valence-electron chi connectivity index (χ0n) is 15.5. The second kappa shape index (κ2) is 9.45. The van der Waals surface area contributed by atoms with Gasteiger partial charge in [-0.3, -0.25) is 24.5 Å². The lowest BCUT2D eigenvalue weighted by Crippen LogP contribution is -2.26. The quantitative estimate of drug-likeness (QED) is 0.411. The molecule has 1 aromatic carbocycles. The molecular formula is C20H20ClNO6S. The van der Waals surface area contributed by atoms with Crippen LogP contribution in [0.4, 0.5) is 4.79 Å². The maximum absolute atomic E-state index is 11.8. The zero-order valence-corrected chi connectivity index (χ0v) is 17.1. The first-order valence-corrected chi connectivity index (χ1v) is 10.5. The summed E-state index contributed by atoms with van der Waals surface area (Å²) in [5, 5.41) is 10.3. The number of ether oxygens (including phenoxy) is 1. The van der Waals surface area contributed by atoms with Gasteiger partial charge in [-0.25, -0.2) is 0 Å². The summed E-state index contributed by atoms with van der Waals surface area (Å²) in [6.07, 6.45) is 7.24. The van der Waals surface area contributed by atoms with Crippen molar-refractivity contribution in [2.75, 3.05) is 0 Å². The van der Waals surface area contributed by atoms with Gasteiger partial charge in [0.1, 0.15) is 5.75 Å². The summed E-state index contributed by atoms with van der Waals surface area (Å²) in [6, 6.07) is 4.80. The normalized spacial score (nSPS) is 20.2. The summed E-state index contributed by atoms with van der Waals surface area (Å²) in [5.41, 5.74) is 0.581. The van der Waals surface area contributed by atoms with E-state index in [2.05, 4.69) is 5.32 Å². The number of rotatable bonds is 4. The fraction of sp³-hybridized carbons (Fsp3) is 0.400. The van der Waals surface area contributed by atoms with Crippen molar-refractivity contribution in [2.45, 2.75) is 38.5 Å². The summed E-state index contributed by atoms with van der Waals surface area (Å²) in [7, 11) is 0. The molecule has 1 aromatic rings. The molecule has 9 heteroatoms. The molecule has 3 fully saturated rings. The van der Waals surface area contributed by atoms with Crippen LogP contribution in [0.1, 0.15) is 44.1 Å². The lowest BCUT2D eigenvalue weighted by atomic mass is 9.86. The van der Waals surface area contributed by atoms with E-state index in [0.717, 1.165) is 50.3 Å². The highest BCUT2D eigenvalue weighted by atomic mass is 35.5. The SMILES string of the molecule is O=C(O)C1CCC1.O=C1NC(=O)/C(=C/c2ccc(OC(=O)C3CCC3)cc2Cl)S1. The number of aliphatic carboxylic acids is 1. The van der Waals surface area contributed by atoms with E-state index in [9.17, 15) is 19.2 Å². The van der Waals surface area contributed by atoms with Crippen LogP contribution in [0.3, 0.4) is 0 Å². The molecule has 3 aliphatic rings. The number of esters is 1. The first-order valence-electron chi connectivity index (χ1n) is 9.32. The highest BCUT2D eigenvalue weighted by molar-refractivity contribution is 8.18. The first-order chi connectivity index (χ1) is 13.8. The van der Waals surface area contributed by atoms with Crippen LogP contribution in [-0.2, 0) is 14.4 Å². The second-order valence-electron chi connectivity index (χ2n) is 7.05. The molecule has 2 saturated carbocycles. The van der Waals surface area contributed by atoms with Gasteiger partial charge in [0, 0.05) is 6.07 Å². The number of carbonyl (C=O) groups excluding carboxylic acids is 3. The van der Waals surface area contributed by atoms with Crippen molar-refractivity contribution >= 4 is 52.5 Å². The van der Waals surface area contributed by atoms with Crippen LogP contribution >= 0.6 is 23.4 Å². The minimum absolute atomic E-state index is 0.000000000000000444. The van der Waals surface area contributed by atoms with Crippen LogP contribution in [0.15, 0.2) is 23.1 Å². The molecule has 0 aromatic heterocycles. The van der Waals surface area contributed by atoms with Gasteiger partial charge in [0.05, 0.1) is 21.8 Å². The van der Waals surface area contributed by atoms with Crippen molar-refractivity contribution in [3.63, 3.8) is 0 Å². The van der Waals surface area contributed by atoms with E-state index in [-0.39, 0.29) is 22.7 Å². The number of benzene rings is 1. The van der Waals surface area contributed by atoms with Crippen molar-refractivity contribution in [3.8, 4) is 5.75 Å². The monoisotopic (exact) mass is 437 g/mol. The molecule has 0 spiro atoms. The maximum atomic E-state index is 11.8. The Kier molecular flexibility index (Phi) is 6.97. The average Bonchev–Trinajstić information content (AvgIpc) is 2.84. The van der Waals surface area contributed by atoms with E-state index >= 15 is 0 Å². The minimum Gasteiger partial charge on any atom is -0.481 e. The van der Waals surface area contributed by atoms with Gasteiger partial charge >= 0.3 is 11.9 Å². The predicted molar refractivity (Wildman–Crippen MR) is 109 cm³/mol. The van der Waals surface area contributed by atoms with Gasteiger partial charge < -0.3 is 9.84 Å². The number of thioether (sulfide) groups is 1. The van der Waals surface area contributed by atoms with Crippen molar-refractivity contribution in [3.05, 3.63) is 33.7 Å². The minimum atomic E-state index is -0.619. The van der Waals surface area contributed by atoms with E-state index in [4.69, 9.17) is 21.4 Å². The van der Waals surface area contributed by atoms with Gasteiger partial charge in [-0.15, -0.1) is 0 Å². The number of hydrogen-bond acceptors (Lipinski definition) is 6. The summed E-state index contributed by atoms with van der Waals surface area (Å²) in [6.45, 7) is 0. The van der Waals surface area contributed by atoms with Crippen molar-refractivity contribution in [2.24, 2.45) is 11.8 Å². The average molecular weight is 438 g/mol. The van der Waals surface area contributed by atoms with Crippen LogP contribution < -0.4 is 10.1 Å². The standard InChI is InChI=1S/C15H12ClNO4S.C5H8O2/c16-11-7-10(21-14(19)8-2-1-3-8)5-4-9(11)6-12-13(18)17-15(20)22-12;6-5(7)4-2-1-3-4/h4-8H,1-3H2,(H,17,18,20);4H,1-3H2,(H,6,7)/b12-6-;. The molecule has 154 valence electrons. The number of nitrogens with one attached hydrogen (secondary N) is 1. The molecule has 7 nitrogen and oxygen atoms in total. The lowest BCUT2D eigenvalue weighted by Gasteiger charge is -2.22. The number of halogens is 1. The van der Waals surface area contributed by atoms with Gasteiger partial charge in [0.25, 0.3) is 11.1 Å². The van der Waals surface area contributed by atoms with E-state index < -0.39 is 17.1 Å². The van der Waals surface area contributed by atoms with Gasteiger partial charge in [-0.1, -0.05) is 24.4 Å². The van der Waals surface area contributed by atoms with E-state index in [1.165, 1.54) is 12.1 Å². The third-order valence-electron chi connectivity index (χ3n) is 5.01. The van der Waals surface area contributed by atoms with Crippen molar-refractivity contribution < 1.29 is 29.0 Å². The molecule has 0 bridgehead atoms. The topological polar surface area (TPSA) is 110 Å². The van der Waals surface area contributed by atoms with E-state index in [1.807, 2.05) is 0 Å². The second-order valence-corrected chi connectivity index (χ2v) is 8.47. The molecule has 1 saturated heterocycles. The number of imide groups is 1. The molecule has 1 aliphatic heterocycles. The molecule has 0 radical (unpaired) electrons. The Balaban J connectivity index is 0.000000290. The molecule has 29 heavy (non-hydrogen) atoms. The van der Waals surface area contributed by atoms with Crippen LogP contribution in [-0.4, -0.2) is 28.2 Å². The molecule has 1 heterocycles. The summed E-state index contributed by atoms with van der Waals surface area (Å²) in [4.78, 5) is 44.6. The molecule has 0 unspecified atom stereocenters. The van der Waals surface area contributed by atoms with Gasteiger partial charge in [0.15, 0.2) is 0 Å². The predicted octanol–water partition coefficient (Wildman–Crippen LogP) is 4.24. The summed E-state index contributed by atoms with van der Waals surface area (Å²) >= 11 is 6.97. The van der Waals surface area contributed by atoms with Gasteiger partial charge in [0.2, 0.25) is 0 Å². The summed E-state index contributed by atoms with van der Waals surface area (Å²) in [5.74, 6) is -0.920. The van der Waals surface area contributed by atoms with Crippen LogP contribution in [0.2, 0.25) is 5.02 Å². The van der Waals surface area contributed by atoms with Crippen molar-refractivity contribution in [1.29, 1.82) is 0 Å². The molecular weight excluding hydrogens is 418 g/mol. The number of carboxylic acid groups (broad SMARTS) is 1. The third-order valence-corrected chi connectivity index (χ3v) is 6.15. The smallest absolute Gasteiger partial charge is 0.314 e. The zero-order chi connectivity index (χ0) is 21.0. The van der Waals surface area contributed by atoms with Crippen LogP contribution in [0.5, 0.6) is 5.75 Å². The number of amides is 2. The van der Waals surface area contributed by atoms with E-state index in [0.29, 0.717) is 16.3 Å². The largest absolute Gasteiger partial charge is 0.481 e. The van der Waals surface area contributed by atoms with Gasteiger partial charge in [-0.05, 0) is 61.2 Å². The lowest BCUT2D eigenvalue weighted by molar-refractivity contribution is -0.144. The molecule has 0 atom stereocenters. The van der Waals surface area contributed by atoms with Gasteiger partial charge in [-0.2, -0.15) is 0 Å². The Bertz CT molecular complexity index is 876. The highest BCUT2D eigenvalue weighted by Gasteiger charge is 2.28. The Morgan fingerprint density at radius 1 is 1.14 bits per heavy atom. The maximum Gasteiger partial charge on any atom is 0.314 e. The Labute approximate surface area is 176 Å².